The molecule has 144 valence electrons. The van der Waals surface area contributed by atoms with Gasteiger partial charge in [0.05, 0.1) is 6.04 Å². The molecular weight excluding hydrogens is 334 g/mol. The Hall–Kier alpha value is -1.99. The second kappa shape index (κ2) is 8.14. The highest BCUT2D eigenvalue weighted by Gasteiger charge is 2.40. The SMILES string of the molecule is CC(C)[C@H](O)C(=O)N(C(=O)[C@H](C)N)C1=C2C=CCC[C@H]2CCN(C)C1=O. The summed E-state index contributed by atoms with van der Waals surface area (Å²) in [6.07, 6.45) is 4.91. The summed E-state index contributed by atoms with van der Waals surface area (Å²) in [7, 11) is 1.65. The number of carbonyl (C=O) groups excluding carboxylic acids is 3. The molecule has 3 amide bonds. The summed E-state index contributed by atoms with van der Waals surface area (Å²) in [6.45, 7) is 5.37. The molecule has 0 spiro atoms. The molecule has 0 radical (unpaired) electrons. The Balaban J connectivity index is 2.65. The molecule has 1 aliphatic carbocycles. The smallest absolute Gasteiger partial charge is 0.271 e. The van der Waals surface area contributed by atoms with Gasteiger partial charge in [-0.25, -0.2) is 4.90 Å². The van der Waals surface area contributed by atoms with Crippen molar-refractivity contribution in [2.45, 2.75) is 52.2 Å². The van der Waals surface area contributed by atoms with E-state index in [4.69, 9.17) is 5.73 Å². The molecule has 0 aromatic heterocycles. The van der Waals surface area contributed by atoms with Gasteiger partial charge in [0.2, 0.25) is 0 Å². The van der Waals surface area contributed by atoms with Crippen molar-refractivity contribution in [3.8, 4) is 0 Å². The Morgan fingerprint density at radius 3 is 2.50 bits per heavy atom. The van der Waals surface area contributed by atoms with E-state index in [0.717, 1.165) is 24.2 Å². The number of likely N-dealkylation sites (N-methyl/N-ethyl adjacent to an activating group) is 1. The third-order valence-electron chi connectivity index (χ3n) is 4.99. The molecule has 0 aromatic carbocycles. The Morgan fingerprint density at radius 2 is 1.92 bits per heavy atom. The summed E-state index contributed by atoms with van der Waals surface area (Å²) in [4.78, 5) is 41.1. The molecule has 0 bridgehead atoms. The van der Waals surface area contributed by atoms with Crippen LogP contribution in [0.15, 0.2) is 23.4 Å². The van der Waals surface area contributed by atoms with Gasteiger partial charge in [-0.2, -0.15) is 0 Å². The second-order valence-corrected chi connectivity index (χ2v) is 7.49. The van der Waals surface area contributed by atoms with Gasteiger partial charge in [0.15, 0.2) is 0 Å². The average molecular weight is 363 g/mol. The topological polar surface area (TPSA) is 104 Å². The molecule has 3 atom stereocenters. The first-order valence-corrected chi connectivity index (χ1v) is 9.14. The van der Waals surface area contributed by atoms with E-state index in [1.54, 1.807) is 20.9 Å². The van der Waals surface area contributed by atoms with Crippen LogP contribution in [0.4, 0.5) is 0 Å². The van der Waals surface area contributed by atoms with E-state index in [9.17, 15) is 19.5 Å². The van der Waals surface area contributed by atoms with Gasteiger partial charge in [0.1, 0.15) is 11.8 Å². The molecule has 7 heteroatoms. The van der Waals surface area contributed by atoms with Crippen molar-refractivity contribution in [1.82, 2.24) is 9.80 Å². The van der Waals surface area contributed by atoms with Gasteiger partial charge in [-0.05, 0) is 43.6 Å². The average Bonchev–Trinajstić information content (AvgIpc) is 2.73. The molecule has 26 heavy (non-hydrogen) atoms. The highest BCUT2D eigenvalue weighted by Crippen LogP contribution is 2.34. The fourth-order valence-corrected chi connectivity index (χ4v) is 3.30. The molecule has 0 saturated carbocycles. The maximum Gasteiger partial charge on any atom is 0.271 e. The molecule has 3 N–H and O–H groups in total. The molecule has 2 rings (SSSR count). The maximum atomic E-state index is 13.0. The van der Waals surface area contributed by atoms with E-state index < -0.39 is 35.8 Å². The highest BCUT2D eigenvalue weighted by molar-refractivity contribution is 6.09. The molecule has 0 unspecified atom stereocenters. The summed E-state index contributed by atoms with van der Waals surface area (Å²) in [5, 5.41) is 10.3. The van der Waals surface area contributed by atoms with Crippen LogP contribution >= 0.6 is 0 Å². The molecule has 1 heterocycles. The van der Waals surface area contributed by atoms with Gasteiger partial charge >= 0.3 is 0 Å². The maximum absolute atomic E-state index is 13.0. The molecule has 0 aromatic rings. The number of nitrogens with zero attached hydrogens (tertiary/aromatic N) is 2. The number of imide groups is 1. The Labute approximate surface area is 154 Å². The summed E-state index contributed by atoms with van der Waals surface area (Å²) in [6, 6.07) is -0.973. The third kappa shape index (κ3) is 3.88. The minimum Gasteiger partial charge on any atom is -0.383 e. The van der Waals surface area contributed by atoms with E-state index in [1.807, 2.05) is 12.2 Å². The van der Waals surface area contributed by atoms with Crippen LogP contribution in [0.5, 0.6) is 0 Å². The zero-order valence-electron chi connectivity index (χ0n) is 15.9. The largest absolute Gasteiger partial charge is 0.383 e. The molecule has 0 saturated heterocycles. The van der Waals surface area contributed by atoms with E-state index in [1.165, 1.54) is 11.8 Å². The van der Waals surface area contributed by atoms with Crippen molar-refractivity contribution in [1.29, 1.82) is 0 Å². The normalized spacial score (nSPS) is 22.8. The van der Waals surface area contributed by atoms with Gasteiger partial charge in [-0.1, -0.05) is 26.0 Å². The zero-order chi connectivity index (χ0) is 19.6. The lowest BCUT2D eigenvalue weighted by Crippen LogP contribution is -2.52. The number of rotatable bonds is 4. The molecule has 1 aliphatic heterocycles. The van der Waals surface area contributed by atoms with Crippen LogP contribution in [0.1, 0.15) is 40.0 Å². The van der Waals surface area contributed by atoms with Gasteiger partial charge in [-0.3, -0.25) is 14.4 Å². The predicted molar refractivity (Wildman–Crippen MR) is 97.5 cm³/mol. The predicted octanol–water partition coefficient (Wildman–Crippen LogP) is 0.788. The first kappa shape index (κ1) is 20.3. The lowest BCUT2D eigenvalue weighted by atomic mass is 9.85. The van der Waals surface area contributed by atoms with E-state index in [-0.39, 0.29) is 11.6 Å². The van der Waals surface area contributed by atoms with Crippen molar-refractivity contribution in [3.05, 3.63) is 23.4 Å². The Bertz CT molecular complexity index is 651. The number of amides is 3. The van der Waals surface area contributed by atoms with Crippen LogP contribution in [0.25, 0.3) is 0 Å². The van der Waals surface area contributed by atoms with E-state index >= 15 is 0 Å². The molecular formula is C19H29N3O4. The van der Waals surface area contributed by atoms with Crippen molar-refractivity contribution >= 4 is 17.7 Å². The number of aliphatic hydroxyl groups excluding tert-OH is 1. The summed E-state index contributed by atoms with van der Waals surface area (Å²) >= 11 is 0. The van der Waals surface area contributed by atoms with Crippen LogP contribution in [0.3, 0.4) is 0 Å². The van der Waals surface area contributed by atoms with Crippen molar-refractivity contribution in [2.75, 3.05) is 13.6 Å². The van der Waals surface area contributed by atoms with Crippen LogP contribution in [-0.4, -0.2) is 58.4 Å². The van der Waals surface area contributed by atoms with E-state index in [0.29, 0.717) is 12.1 Å². The van der Waals surface area contributed by atoms with E-state index in [2.05, 4.69) is 0 Å². The zero-order valence-corrected chi connectivity index (χ0v) is 15.9. The van der Waals surface area contributed by atoms with Gasteiger partial charge < -0.3 is 15.7 Å². The Kier molecular flexibility index (Phi) is 6.36. The van der Waals surface area contributed by atoms with Crippen LogP contribution in [0.2, 0.25) is 0 Å². The van der Waals surface area contributed by atoms with Crippen LogP contribution in [-0.2, 0) is 14.4 Å². The number of fused-ring (bicyclic) bond motifs is 1. The summed E-state index contributed by atoms with van der Waals surface area (Å²) < 4.78 is 0. The van der Waals surface area contributed by atoms with Gasteiger partial charge in [-0.15, -0.1) is 0 Å². The second-order valence-electron chi connectivity index (χ2n) is 7.49. The highest BCUT2D eigenvalue weighted by atomic mass is 16.3. The third-order valence-corrected chi connectivity index (χ3v) is 4.99. The number of carbonyl (C=O) groups is 3. The summed E-state index contributed by atoms with van der Waals surface area (Å²) in [5.41, 5.74) is 6.48. The van der Waals surface area contributed by atoms with Crippen LogP contribution in [0, 0.1) is 11.8 Å². The van der Waals surface area contributed by atoms with Crippen molar-refractivity contribution < 1.29 is 19.5 Å². The number of aliphatic hydroxyl groups is 1. The standard InChI is InChI=1S/C19H29N3O4/c1-11(2)16(23)19(26)22(17(24)12(3)20)15-14-8-6-5-7-13(14)9-10-21(4)18(15)25/h6,8,11-13,16,23H,5,7,9-10,20H2,1-4H3/t12-,13-,16-/m0/s1. The van der Waals surface area contributed by atoms with Crippen LogP contribution < -0.4 is 5.73 Å². The molecule has 2 aliphatic rings. The number of nitrogens with two attached hydrogens (primary N) is 1. The lowest BCUT2D eigenvalue weighted by molar-refractivity contribution is -0.152. The number of allylic oxidation sites excluding steroid dienone is 3. The summed E-state index contributed by atoms with van der Waals surface area (Å²) in [5.74, 6) is -2.18. The minimum absolute atomic E-state index is 0.0398. The van der Waals surface area contributed by atoms with Gasteiger partial charge in [0.25, 0.3) is 17.7 Å². The van der Waals surface area contributed by atoms with Crippen molar-refractivity contribution in [2.24, 2.45) is 17.6 Å². The molecule has 0 fully saturated rings. The number of hydrogen-bond donors (Lipinski definition) is 2. The first-order valence-electron chi connectivity index (χ1n) is 9.14. The first-order chi connectivity index (χ1) is 12.2. The minimum atomic E-state index is -1.39. The fourth-order valence-electron chi connectivity index (χ4n) is 3.30. The quantitative estimate of drug-likeness (QED) is 0.768. The number of hydrogen-bond acceptors (Lipinski definition) is 5. The lowest BCUT2D eigenvalue weighted by Gasteiger charge is -2.31. The fraction of sp³-hybridized carbons (Fsp3) is 0.632. The Morgan fingerprint density at radius 1 is 1.27 bits per heavy atom. The van der Waals surface area contributed by atoms with Gasteiger partial charge in [0, 0.05) is 13.6 Å². The monoisotopic (exact) mass is 363 g/mol. The van der Waals surface area contributed by atoms with Crippen molar-refractivity contribution in [3.63, 3.8) is 0 Å². The molecule has 7 nitrogen and oxygen atoms in total.